The van der Waals surface area contributed by atoms with Gasteiger partial charge in [0.15, 0.2) is 0 Å². The molecule has 1 saturated carbocycles. The largest absolute Gasteiger partial charge is 0.300 e. The Labute approximate surface area is 144 Å². The lowest BCUT2D eigenvalue weighted by Crippen LogP contribution is -2.20. The van der Waals surface area contributed by atoms with E-state index in [0.29, 0.717) is 17.0 Å². The van der Waals surface area contributed by atoms with E-state index < -0.39 is 0 Å². The zero-order valence-corrected chi connectivity index (χ0v) is 15.7. The lowest BCUT2D eigenvalue weighted by atomic mass is 9.87. The molecule has 130 valence electrons. The number of rotatable bonds is 9. The molecule has 1 fully saturated rings. The van der Waals surface area contributed by atoms with Gasteiger partial charge < -0.3 is 0 Å². The summed E-state index contributed by atoms with van der Waals surface area (Å²) in [5, 5.41) is 0.451. The SMILES string of the molecule is CCCCCCCCC(=O)CC1CCCCCCCCC1S. The van der Waals surface area contributed by atoms with Crippen LogP contribution in [0.15, 0.2) is 0 Å². The van der Waals surface area contributed by atoms with Crippen LogP contribution >= 0.6 is 12.6 Å². The predicted octanol–water partition coefficient (Wildman–Crippen LogP) is 6.75. The lowest BCUT2D eigenvalue weighted by molar-refractivity contribution is -0.120. The Morgan fingerprint density at radius 1 is 0.864 bits per heavy atom. The van der Waals surface area contributed by atoms with E-state index in [-0.39, 0.29) is 0 Å². The predicted molar refractivity (Wildman–Crippen MR) is 101 cm³/mol. The number of thiol groups is 1. The van der Waals surface area contributed by atoms with Gasteiger partial charge in [0.25, 0.3) is 0 Å². The van der Waals surface area contributed by atoms with E-state index in [0.717, 1.165) is 19.3 Å². The molecule has 0 aliphatic heterocycles. The molecule has 0 spiro atoms. The minimum Gasteiger partial charge on any atom is -0.300 e. The quantitative estimate of drug-likeness (QED) is 0.366. The monoisotopic (exact) mass is 326 g/mol. The van der Waals surface area contributed by atoms with Crippen LogP contribution in [0.3, 0.4) is 0 Å². The van der Waals surface area contributed by atoms with Crippen molar-refractivity contribution in [1.29, 1.82) is 0 Å². The fourth-order valence-corrected chi connectivity index (χ4v) is 4.07. The third-order valence-electron chi connectivity index (χ3n) is 5.17. The van der Waals surface area contributed by atoms with E-state index in [1.165, 1.54) is 83.5 Å². The summed E-state index contributed by atoms with van der Waals surface area (Å²) >= 11 is 4.83. The smallest absolute Gasteiger partial charge is 0.133 e. The van der Waals surface area contributed by atoms with Gasteiger partial charge in [-0.25, -0.2) is 0 Å². The second kappa shape index (κ2) is 13.5. The van der Waals surface area contributed by atoms with Crippen LogP contribution in [0.1, 0.15) is 110 Å². The van der Waals surface area contributed by atoms with Gasteiger partial charge in [0, 0.05) is 18.1 Å². The van der Waals surface area contributed by atoms with Crippen molar-refractivity contribution < 1.29 is 4.79 Å². The standard InChI is InChI=1S/C20H38OS/c1-2-3-4-5-9-12-15-19(21)17-18-14-11-8-6-7-10-13-16-20(18)22/h18,20,22H,2-17H2,1H3. The summed E-state index contributed by atoms with van der Waals surface area (Å²) in [6.45, 7) is 2.25. The van der Waals surface area contributed by atoms with E-state index in [4.69, 9.17) is 12.6 Å². The number of unbranched alkanes of at least 4 members (excludes halogenated alkanes) is 5. The van der Waals surface area contributed by atoms with Crippen LogP contribution in [0, 0.1) is 5.92 Å². The maximum atomic E-state index is 12.3. The Kier molecular flexibility index (Phi) is 12.3. The fourth-order valence-electron chi connectivity index (χ4n) is 3.63. The van der Waals surface area contributed by atoms with Gasteiger partial charge in [-0.15, -0.1) is 0 Å². The average Bonchev–Trinajstić information content (AvgIpc) is 2.51. The van der Waals surface area contributed by atoms with E-state index in [1.807, 2.05) is 0 Å². The molecule has 1 aliphatic carbocycles. The van der Waals surface area contributed by atoms with Crippen molar-refractivity contribution in [2.45, 2.75) is 115 Å². The van der Waals surface area contributed by atoms with Gasteiger partial charge in [0.05, 0.1) is 0 Å². The highest BCUT2D eigenvalue weighted by Gasteiger charge is 2.21. The molecular formula is C20H38OS. The Morgan fingerprint density at radius 2 is 1.45 bits per heavy atom. The third-order valence-corrected chi connectivity index (χ3v) is 5.85. The zero-order valence-electron chi connectivity index (χ0n) is 14.8. The number of ketones is 1. The molecule has 0 aromatic heterocycles. The van der Waals surface area contributed by atoms with Crippen molar-refractivity contribution in [1.82, 2.24) is 0 Å². The highest BCUT2D eigenvalue weighted by Crippen LogP contribution is 2.28. The number of hydrogen-bond donors (Lipinski definition) is 1. The first-order valence-corrected chi connectivity index (χ1v) is 10.5. The Hall–Kier alpha value is 0.0200. The van der Waals surface area contributed by atoms with E-state index in [9.17, 15) is 4.79 Å². The minimum absolute atomic E-state index is 0.451. The molecule has 0 amide bonds. The van der Waals surface area contributed by atoms with Crippen molar-refractivity contribution in [2.24, 2.45) is 5.92 Å². The van der Waals surface area contributed by atoms with Gasteiger partial charge in [-0.3, -0.25) is 4.79 Å². The lowest BCUT2D eigenvalue weighted by Gasteiger charge is -2.24. The summed E-state index contributed by atoms with van der Waals surface area (Å²) in [5.74, 6) is 1.03. The van der Waals surface area contributed by atoms with Crippen LogP contribution in [0.4, 0.5) is 0 Å². The van der Waals surface area contributed by atoms with Crippen LogP contribution < -0.4 is 0 Å². The molecule has 1 aliphatic rings. The molecule has 0 aromatic carbocycles. The summed E-state index contributed by atoms with van der Waals surface area (Å²) in [5.41, 5.74) is 0. The summed E-state index contributed by atoms with van der Waals surface area (Å²) in [6.07, 6.45) is 19.7. The van der Waals surface area contributed by atoms with Gasteiger partial charge in [0.1, 0.15) is 5.78 Å². The number of carbonyl (C=O) groups excluding carboxylic acids is 1. The summed E-state index contributed by atoms with van der Waals surface area (Å²) in [4.78, 5) is 12.3. The van der Waals surface area contributed by atoms with Crippen LogP contribution in [-0.2, 0) is 4.79 Å². The topological polar surface area (TPSA) is 17.1 Å². The van der Waals surface area contributed by atoms with Gasteiger partial charge in [-0.1, -0.05) is 77.6 Å². The molecule has 1 nitrogen and oxygen atoms in total. The molecule has 0 heterocycles. The van der Waals surface area contributed by atoms with Crippen molar-refractivity contribution in [3.8, 4) is 0 Å². The first-order chi connectivity index (χ1) is 10.7. The molecule has 1 rings (SSSR count). The molecule has 2 atom stereocenters. The normalized spacial score (nSPS) is 24.1. The highest BCUT2D eigenvalue weighted by atomic mass is 32.1. The van der Waals surface area contributed by atoms with Gasteiger partial charge in [0.2, 0.25) is 0 Å². The Bertz CT molecular complexity index is 277. The molecule has 0 saturated heterocycles. The third kappa shape index (κ3) is 9.92. The molecule has 0 radical (unpaired) electrons. The second-order valence-corrected chi connectivity index (χ2v) is 7.95. The van der Waals surface area contributed by atoms with Crippen LogP contribution in [-0.4, -0.2) is 11.0 Å². The van der Waals surface area contributed by atoms with Crippen molar-refractivity contribution >= 4 is 18.4 Å². The summed E-state index contributed by atoms with van der Waals surface area (Å²) in [6, 6.07) is 0. The zero-order chi connectivity index (χ0) is 16.0. The van der Waals surface area contributed by atoms with E-state index in [2.05, 4.69) is 6.92 Å². The molecule has 0 N–H and O–H groups in total. The number of carbonyl (C=O) groups is 1. The second-order valence-electron chi connectivity index (χ2n) is 7.29. The maximum absolute atomic E-state index is 12.3. The fraction of sp³-hybridized carbons (Fsp3) is 0.950. The van der Waals surface area contributed by atoms with Crippen molar-refractivity contribution in [3.63, 3.8) is 0 Å². The van der Waals surface area contributed by atoms with Gasteiger partial charge in [-0.05, 0) is 25.2 Å². The maximum Gasteiger partial charge on any atom is 0.133 e. The molecule has 2 heteroatoms. The highest BCUT2D eigenvalue weighted by molar-refractivity contribution is 7.81. The van der Waals surface area contributed by atoms with Gasteiger partial charge in [-0.2, -0.15) is 12.6 Å². The van der Waals surface area contributed by atoms with Crippen molar-refractivity contribution in [3.05, 3.63) is 0 Å². The molecule has 0 bridgehead atoms. The number of Topliss-reactive ketones (excluding diaryl/α,β-unsaturated/α-hetero) is 1. The molecule has 0 aromatic rings. The van der Waals surface area contributed by atoms with Crippen LogP contribution in [0.2, 0.25) is 0 Å². The Morgan fingerprint density at radius 3 is 2.18 bits per heavy atom. The molecule has 22 heavy (non-hydrogen) atoms. The van der Waals surface area contributed by atoms with Gasteiger partial charge >= 0.3 is 0 Å². The van der Waals surface area contributed by atoms with Crippen LogP contribution in [0.25, 0.3) is 0 Å². The van der Waals surface area contributed by atoms with E-state index in [1.54, 1.807) is 0 Å². The summed E-state index contributed by atoms with van der Waals surface area (Å²) < 4.78 is 0. The molecular weight excluding hydrogens is 288 g/mol. The Balaban J connectivity index is 2.20. The van der Waals surface area contributed by atoms with E-state index >= 15 is 0 Å². The first-order valence-electron chi connectivity index (χ1n) is 9.93. The molecule has 2 unspecified atom stereocenters. The van der Waals surface area contributed by atoms with Crippen molar-refractivity contribution in [2.75, 3.05) is 0 Å². The minimum atomic E-state index is 0.451. The van der Waals surface area contributed by atoms with Crippen LogP contribution in [0.5, 0.6) is 0 Å². The average molecular weight is 327 g/mol. The summed E-state index contributed by atoms with van der Waals surface area (Å²) in [7, 11) is 0. The first kappa shape index (κ1) is 20.1. The number of hydrogen-bond acceptors (Lipinski definition) is 2.